The Hall–Kier alpha value is -0.790. The minimum Gasteiger partial charge on any atom is -0.481 e. The Labute approximate surface area is 90.4 Å². The molecular formula is C8H11F3O4S. The smallest absolute Gasteiger partial charge is 0.389 e. The van der Waals surface area contributed by atoms with Crippen molar-refractivity contribution >= 4 is 15.8 Å². The lowest BCUT2D eigenvalue weighted by Gasteiger charge is -2.28. The average molecular weight is 260 g/mol. The molecule has 0 amide bonds. The van der Waals surface area contributed by atoms with E-state index >= 15 is 0 Å². The number of sulfone groups is 1. The first-order chi connectivity index (χ1) is 7.11. The van der Waals surface area contributed by atoms with Crippen LogP contribution in [0.2, 0.25) is 0 Å². The van der Waals surface area contributed by atoms with Crippen LogP contribution in [0.5, 0.6) is 0 Å². The van der Waals surface area contributed by atoms with Gasteiger partial charge in [0.25, 0.3) is 0 Å². The van der Waals surface area contributed by atoms with Crippen molar-refractivity contribution in [3.63, 3.8) is 0 Å². The van der Waals surface area contributed by atoms with Crippen LogP contribution in [0.1, 0.15) is 12.8 Å². The fraction of sp³-hybridized carbons (Fsp3) is 0.875. The largest absolute Gasteiger partial charge is 0.481 e. The summed E-state index contributed by atoms with van der Waals surface area (Å²) < 4.78 is 58.6. The van der Waals surface area contributed by atoms with Crippen molar-refractivity contribution in [1.82, 2.24) is 0 Å². The first-order valence-corrected chi connectivity index (χ1v) is 6.43. The van der Waals surface area contributed by atoms with Gasteiger partial charge in [-0.05, 0) is 12.3 Å². The predicted octanol–water partition coefficient (Wildman–Crippen LogP) is 1.07. The molecule has 1 N–H and O–H groups in total. The topological polar surface area (TPSA) is 71.4 Å². The van der Waals surface area contributed by atoms with Crippen LogP contribution in [-0.2, 0) is 14.6 Å². The van der Waals surface area contributed by atoms with E-state index in [1.807, 2.05) is 0 Å². The third-order valence-corrected chi connectivity index (χ3v) is 4.34. The first kappa shape index (κ1) is 13.3. The summed E-state index contributed by atoms with van der Waals surface area (Å²) in [4.78, 5) is 10.7. The number of rotatable bonds is 2. The van der Waals surface area contributed by atoms with Crippen molar-refractivity contribution in [3.8, 4) is 0 Å². The Morgan fingerprint density at radius 2 is 1.94 bits per heavy atom. The molecule has 0 aromatic carbocycles. The lowest BCUT2D eigenvalue weighted by atomic mass is 9.88. The molecule has 8 heteroatoms. The van der Waals surface area contributed by atoms with E-state index in [1.54, 1.807) is 0 Å². The summed E-state index contributed by atoms with van der Waals surface area (Å²) >= 11 is 0. The Kier molecular flexibility index (Phi) is 3.51. The predicted molar refractivity (Wildman–Crippen MR) is 48.6 cm³/mol. The molecule has 1 fully saturated rings. The van der Waals surface area contributed by atoms with Crippen molar-refractivity contribution < 1.29 is 31.5 Å². The average Bonchev–Trinajstić information content (AvgIpc) is 2.05. The van der Waals surface area contributed by atoms with E-state index in [0.29, 0.717) is 0 Å². The molecule has 0 radical (unpaired) electrons. The van der Waals surface area contributed by atoms with Gasteiger partial charge in [0.15, 0.2) is 9.84 Å². The third kappa shape index (κ3) is 3.66. The molecular weight excluding hydrogens is 249 g/mol. The van der Waals surface area contributed by atoms with Crippen molar-refractivity contribution in [2.45, 2.75) is 19.0 Å². The van der Waals surface area contributed by atoms with Crippen molar-refractivity contribution in [2.75, 3.05) is 11.5 Å². The highest BCUT2D eigenvalue weighted by molar-refractivity contribution is 7.91. The Morgan fingerprint density at radius 3 is 2.38 bits per heavy atom. The molecule has 16 heavy (non-hydrogen) atoms. The molecule has 0 spiro atoms. The zero-order valence-electron chi connectivity index (χ0n) is 8.20. The minimum absolute atomic E-state index is 0.237. The van der Waals surface area contributed by atoms with Crippen molar-refractivity contribution in [3.05, 3.63) is 0 Å². The molecule has 94 valence electrons. The van der Waals surface area contributed by atoms with Crippen LogP contribution < -0.4 is 0 Å². The first-order valence-electron chi connectivity index (χ1n) is 4.61. The molecule has 0 aromatic rings. The summed E-state index contributed by atoms with van der Waals surface area (Å²) in [6, 6.07) is 0. The maximum absolute atomic E-state index is 12.1. The number of hydrogen-bond donors (Lipinski definition) is 1. The van der Waals surface area contributed by atoms with Gasteiger partial charge in [-0.25, -0.2) is 8.42 Å². The minimum atomic E-state index is -4.46. The van der Waals surface area contributed by atoms with Crippen LogP contribution in [0, 0.1) is 11.8 Å². The quantitative estimate of drug-likeness (QED) is 0.806. The van der Waals surface area contributed by atoms with E-state index in [-0.39, 0.29) is 12.2 Å². The van der Waals surface area contributed by atoms with Gasteiger partial charge in [0.05, 0.1) is 17.4 Å². The van der Waals surface area contributed by atoms with E-state index in [4.69, 9.17) is 5.11 Å². The van der Waals surface area contributed by atoms with Crippen LogP contribution in [0.4, 0.5) is 13.2 Å². The van der Waals surface area contributed by atoms with Gasteiger partial charge in [0, 0.05) is 6.42 Å². The van der Waals surface area contributed by atoms with E-state index in [9.17, 15) is 26.4 Å². The summed E-state index contributed by atoms with van der Waals surface area (Å²) in [6.07, 6.45) is -5.93. The number of carbonyl (C=O) groups is 1. The number of carboxylic acids is 1. The molecule has 0 aliphatic carbocycles. The molecule has 0 saturated carbocycles. The molecule has 1 saturated heterocycles. The Morgan fingerprint density at radius 1 is 1.38 bits per heavy atom. The van der Waals surface area contributed by atoms with Crippen molar-refractivity contribution in [2.24, 2.45) is 11.8 Å². The third-order valence-electron chi connectivity index (χ3n) is 2.61. The van der Waals surface area contributed by atoms with Crippen molar-refractivity contribution in [1.29, 1.82) is 0 Å². The molecule has 1 aliphatic heterocycles. The van der Waals surface area contributed by atoms with Gasteiger partial charge in [-0.2, -0.15) is 13.2 Å². The van der Waals surface area contributed by atoms with Crippen LogP contribution in [0.3, 0.4) is 0 Å². The van der Waals surface area contributed by atoms with Gasteiger partial charge >= 0.3 is 12.1 Å². The van der Waals surface area contributed by atoms with Crippen LogP contribution in [0.15, 0.2) is 0 Å². The van der Waals surface area contributed by atoms with Gasteiger partial charge in [0.1, 0.15) is 0 Å². The highest BCUT2D eigenvalue weighted by Crippen LogP contribution is 2.35. The molecule has 0 bridgehead atoms. The summed E-state index contributed by atoms with van der Waals surface area (Å²) in [6.45, 7) is 0. The number of halogens is 3. The fourth-order valence-corrected chi connectivity index (χ4v) is 3.63. The lowest BCUT2D eigenvalue weighted by molar-refractivity contribution is -0.157. The number of alkyl halides is 3. The maximum atomic E-state index is 12.1. The van der Waals surface area contributed by atoms with Crippen LogP contribution in [0.25, 0.3) is 0 Å². The molecule has 1 aliphatic rings. The second kappa shape index (κ2) is 4.23. The van der Waals surface area contributed by atoms with Gasteiger partial charge in [-0.15, -0.1) is 0 Å². The number of aliphatic carboxylic acids is 1. The second-order valence-corrected chi connectivity index (χ2v) is 6.16. The summed E-state index contributed by atoms with van der Waals surface area (Å²) in [5.41, 5.74) is 0. The molecule has 1 heterocycles. The zero-order valence-corrected chi connectivity index (χ0v) is 9.01. The second-order valence-electron chi connectivity index (χ2n) is 3.93. The van der Waals surface area contributed by atoms with E-state index in [1.165, 1.54) is 0 Å². The van der Waals surface area contributed by atoms with Crippen LogP contribution >= 0.6 is 0 Å². The van der Waals surface area contributed by atoms with Gasteiger partial charge in [-0.3, -0.25) is 4.79 Å². The Balaban J connectivity index is 2.81. The molecule has 2 atom stereocenters. The molecule has 0 aromatic heterocycles. The lowest BCUT2D eigenvalue weighted by Crippen LogP contribution is -2.39. The fourth-order valence-electron chi connectivity index (χ4n) is 1.84. The van der Waals surface area contributed by atoms with Gasteiger partial charge < -0.3 is 5.11 Å². The van der Waals surface area contributed by atoms with Gasteiger partial charge in [0.2, 0.25) is 0 Å². The molecule has 1 rings (SSSR count). The molecule has 4 nitrogen and oxygen atoms in total. The maximum Gasteiger partial charge on any atom is 0.389 e. The van der Waals surface area contributed by atoms with Gasteiger partial charge in [-0.1, -0.05) is 0 Å². The Bertz CT molecular complexity index is 373. The van der Waals surface area contributed by atoms with Crippen LogP contribution in [-0.4, -0.2) is 37.2 Å². The van der Waals surface area contributed by atoms with E-state index in [0.717, 1.165) is 0 Å². The standard InChI is InChI=1S/C8H11F3O4S/c9-8(10,11)3-5-1-2-16(14,15)4-6(5)7(12)13/h5-6H,1-4H2,(H,12,13). The summed E-state index contributed by atoms with van der Waals surface area (Å²) in [5.74, 6) is -5.11. The summed E-state index contributed by atoms with van der Waals surface area (Å²) in [7, 11) is -3.51. The highest BCUT2D eigenvalue weighted by Gasteiger charge is 2.43. The normalized spacial score (nSPS) is 29.9. The number of carboxylic acid groups (broad SMARTS) is 1. The summed E-state index contributed by atoms with van der Waals surface area (Å²) in [5, 5.41) is 8.71. The SMILES string of the molecule is O=C(O)C1CS(=O)(=O)CCC1CC(F)(F)F. The van der Waals surface area contributed by atoms with E-state index in [2.05, 4.69) is 0 Å². The van der Waals surface area contributed by atoms with E-state index < -0.39 is 46.0 Å². The monoisotopic (exact) mass is 260 g/mol. The highest BCUT2D eigenvalue weighted by atomic mass is 32.2. The number of hydrogen-bond acceptors (Lipinski definition) is 3. The zero-order chi connectivity index (χ0) is 12.6. The molecule has 2 unspecified atom stereocenters.